The van der Waals surface area contributed by atoms with Crippen LogP contribution in [0.3, 0.4) is 0 Å². The summed E-state index contributed by atoms with van der Waals surface area (Å²) in [5, 5.41) is 4.74. The summed E-state index contributed by atoms with van der Waals surface area (Å²) in [5.41, 5.74) is 0.291. The second-order valence-corrected chi connectivity index (χ2v) is 15.3. The molecule has 0 spiro atoms. The summed E-state index contributed by atoms with van der Waals surface area (Å²) in [6.45, 7) is 19.3. The van der Waals surface area contributed by atoms with E-state index in [9.17, 15) is 4.79 Å². The van der Waals surface area contributed by atoms with Crippen molar-refractivity contribution in [2.75, 3.05) is 0 Å². The molecule has 0 aromatic carbocycles. The molecule has 0 amide bonds. The second kappa shape index (κ2) is 6.80. The van der Waals surface area contributed by atoms with Crippen molar-refractivity contribution in [2.45, 2.75) is 84.4 Å². The summed E-state index contributed by atoms with van der Waals surface area (Å²) in [4.78, 5) is 12.9. The van der Waals surface area contributed by atoms with Crippen molar-refractivity contribution in [2.24, 2.45) is 7.05 Å². The van der Waals surface area contributed by atoms with Crippen LogP contribution in [0.1, 0.15) is 54.3 Å². The highest BCUT2D eigenvalue weighted by atomic mass is 28.4. The number of nitrogens with zero attached hydrogens (tertiary/aromatic N) is 3. The number of fused-ring (bicyclic) bond motifs is 1. The van der Waals surface area contributed by atoms with Gasteiger partial charge in [-0.05, 0) is 51.9 Å². The first-order chi connectivity index (χ1) is 13.1. The van der Waals surface area contributed by atoms with E-state index in [0.29, 0.717) is 17.9 Å². The van der Waals surface area contributed by atoms with E-state index in [-0.39, 0.29) is 10.6 Å². The minimum absolute atomic E-state index is 0.0906. The number of hydrogen-bond donors (Lipinski definition) is 0. The average molecular weight is 419 g/mol. The van der Waals surface area contributed by atoms with Crippen molar-refractivity contribution < 1.29 is 13.7 Å². The zero-order valence-corrected chi connectivity index (χ0v) is 20.4. The molecule has 0 radical (unpaired) electrons. The zero-order chi connectivity index (χ0) is 22.0. The Bertz CT molecular complexity index is 972. The van der Waals surface area contributed by atoms with Crippen LogP contribution in [0.4, 0.5) is 0 Å². The first-order valence-electron chi connectivity index (χ1n) is 10.1. The maximum absolute atomic E-state index is 12.9. The first kappa shape index (κ1) is 22.3. The Hall–Kier alpha value is -1.42. The third kappa shape index (κ3) is 3.85. The Morgan fingerprint density at radius 3 is 2.24 bits per heavy atom. The van der Waals surface area contributed by atoms with Crippen molar-refractivity contribution in [3.63, 3.8) is 0 Å². The predicted molar refractivity (Wildman–Crippen MR) is 118 cm³/mol. The molecule has 7 nitrogen and oxygen atoms in total. The predicted octanol–water partition coefficient (Wildman–Crippen LogP) is 2.85. The van der Waals surface area contributed by atoms with Crippen LogP contribution in [0.15, 0.2) is 17.1 Å². The van der Waals surface area contributed by atoms with Gasteiger partial charge in [0.25, 0.3) is 5.56 Å². The summed E-state index contributed by atoms with van der Waals surface area (Å²) in [6, 6.07) is 1.80. The van der Waals surface area contributed by atoms with Crippen LogP contribution in [0, 0.1) is 0 Å². The molecule has 9 heteroatoms. The summed E-state index contributed by atoms with van der Waals surface area (Å²) in [7, 11) is -0.740. The van der Waals surface area contributed by atoms with Crippen LogP contribution in [-0.4, -0.2) is 40.8 Å². The number of rotatable bonds is 4. The molecule has 3 heterocycles. The van der Waals surface area contributed by atoms with Gasteiger partial charge < -0.3 is 13.7 Å². The molecule has 1 aliphatic rings. The fraction of sp³-hybridized carbons (Fsp3) is 0.700. The highest BCUT2D eigenvalue weighted by Gasteiger charge is 2.52. The number of aromatic nitrogens is 3. The molecule has 0 bridgehead atoms. The van der Waals surface area contributed by atoms with Gasteiger partial charge in [0.15, 0.2) is 14.1 Å². The molecule has 0 unspecified atom stereocenters. The third-order valence-electron chi connectivity index (χ3n) is 6.85. The Morgan fingerprint density at radius 2 is 1.72 bits per heavy atom. The minimum Gasteiger partial charge on any atom is -0.409 e. The van der Waals surface area contributed by atoms with Crippen LogP contribution in [0.2, 0.25) is 18.1 Å². The molecule has 0 N–H and O–H groups in total. The lowest BCUT2D eigenvalue weighted by Gasteiger charge is -2.36. The number of hydrogen-bond acceptors (Lipinski definition) is 5. The standard InChI is InChI=1S/C20H34BN3O4Si/c1-18(2,3)29(9,10)26-13-16-22-24-12-14(11-15(24)17(25)23(16)8)21-27-19(4,5)20(6,7)28-21/h11-12H,13H2,1-10H3. The molecule has 3 rings (SSSR count). The molecular weight excluding hydrogens is 385 g/mol. The fourth-order valence-electron chi connectivity index (χ4n) is 2.89. The van der Waals surface area contributed by atoms with Gasteiger partial charge in [-0.1, -0.05) is 20.8 Å². The lowest BCUT2D eigenvalue weighted by atomic mass is 9.81. The molecule has 1 fully saturated rings. The molecule has 29 heavy (non-hydrogen) atoms. The molecule has 0 aliphatic carbocycles. The molecule has 2 aromatic heterocycles. The SMILES string of the molecule is Cn1c(CO[Si](C)(C)C(C)(C)C)nn2cc(B3OC(C)(C)C(C)(C)O3)cc2c1=O. The van der Waals surface area contributed by atoms with Gasteiger partial charge in [-0.25, -0.2) is 4.52 Å². The largest absolute Gasteiger partial charge is 0.496 e. The topological polar surface area (TPSA) is 67.0 Å². The summed E-state index contributed by atoms with van der Waals surface area (Å²) < 4.78 is 21.7. The van der Waals surface area contributed by atoms with E-state index >= 15 is 0 Å². The van der Waals surface area contributed by atoms with E-state index in [2.05, 4.69) is 39.0 Å². The van der Waals surface area contributed by atoms with Gasteiger partial charge in [0.2, 0.25) is 0 Å². The first-order valence-corrected chi connectivity index (χ1v) is 13.0. The van der Waals surface area contributed by atoms with Crippen LogP contribution >= 0.6 is 0 Å². The Balaban J connectivity index is 1.93. The van der Waals surface area contributed by atoms with Gasteiger partial charge in [-0.2, -0.15) is 5.10 Å². The van der Waals surface area contributed by atoms with Gasteiger partial charge in [-0.3, -0.25) is 9.36 Å². The van der Waals surface area contributed by atoms with Crippen LogP contribution < -0.4 is 11.0 Å². The van der Waals surface area contributed by atoms with Crippen molar-refractivity contribution in [1.29, 1.82) is 0 Å². The lowest BCUT2D eigenvalue weighted by Crippen LogP contribution is -2.41. The van der Waals surface area contributed by atoms with Crippen LogP contribution in [0.25, 0.3) is 5.52 Å². The van der Waals surface area contributed by atoms with E-state index in [1.807, 2.05) is 33.9 Å². The van der Waals surface area contributed by atoms with Crippen molar-refractivity contribution in [1.82, 2.24) is 14.2 Å². The highest BCUT2D eigenvalue weighted by molar-refractivity contribution is 6.74. The quantitative estimate of drug-likeness (QED) is 0.713. The van der Waals surface area contributed by atoms with E-state index in [1.54, 1.807) is 22.2 Å². The highest BCUT2D eigenvalue weighted by Crippen LogP contribution is 2.37. The summed E-state index contributed by atoms with van der Waals surface area (Å²) in [6.07, 6.45) is 1.81. The third-order valence-corrected chi connectivity index (χ3v) is 11.3. The monoisotopic (exact) mass is 419 g/mol. The Morgan fingerprint density at radius 1 is 1.17 bits per heavy atom. The van der Waals surface area contributed by atoms with Gasteiger partial charge >= 0.3 is 7.12 Å². The van der Waals surface area contributed by atoms with Gasteiger partial charge in [-0.15, -0.1) is 0 Å². The Labute approximate surface area is 174 Å². The second-order valence-electron chi connectivity index (χ2n) is 10.5. The Kier molecular flexibility index (Phi) is 5.22. The molecule has 0 atom stereocenters. The molecule has 2 aromatic rings. The van der Waals surface area contributed by atoms with Crippen LogP contribution in [-0.2, 0) is 27.4 Å². The van der Waals surface area contributed by atoms with Crippen molar-refractivity contribution in [3.05, 3.63) is 28.4 Å². The average Bonchev–Trinajstić information content (AvgIpc) is 3.07. The molecule has 1 aliphatic heterocycles. The smallest absolute Gasteiger partial charge is 0.409 e. The molecular formula is C20H34BN3O4Si. The zero-order valence-electron chi connectivity index (χ0n) is 19.4. The molecule has 0 saturated carbocycles. The van der Waals surface area contributed by atoms with Crippen molar-refractivity contribution >= 4 is 26.4 Å². The summed E-state index contributed by atoms with van der Waals surface area (Å²) >= 11 is 0. The minimum atomic E-state index is -1.95. The molecule has 1 saturated heterocycles. The van der Waals surface area contributed by atoms with E-state index in [4.69, 9.17) is 13.7 Å². The maximum atomic E-state index is 12.9. The van der Waals surface area contributed by atoms with E-state index in [0.717, 1.165) is 5.46 Å². The van der Waals surface area contributed by atoms with Gasteiger partial charge in [0.1, 0.15) is 5.52 Å². The van der Waals surface area contributed by atoms with Crippen molar-refractivity contribution in [3.8, 4) is 0 Å². The summed E-state index contributed by atoms with van der Waals surface area (Å²) in [5.74, 6) is 0.600. The fourth-order valence-corrected chi connectivity index (χ4v) is 3.81. The van der Waals surface area contributed by atoms with E-state index < -0.39 is 26.6 Å². The van der Waals surface area contributed by atoms with Gasteiger partial charge in [0.05, 0.1) is 17.8 Å². The van der Waals surface area contributed by atoms with Crippen LogP contribution in [0.5, 0.6) is 0 Å². The molecule has 160 valence electrons. The normalized spacial score (nSPS) is 19.3. The van der Waals surface area contributed by atoms with Gasteiger partial charge in [0, 0.05) is 18.7 Å². The maximum Gasteiger partial charge on any atom is 0.496 e. The lowest BCUT2D eigenvalue weighted by molar-refractivity contribution is 0.00578. The van der Waals surface area contributed by atoms with E-state index in [1.165, 1.54) is 0 Å².